The SMILES string of the molecule is CCCC[C@@H](O)[C@@H](N)c1cccc(F)c1O.Cl. The van der Waals surface area contributed by atoms with Gasteiger partial charge in [0.05, 0.1) is 12.1 Å². The predicted molar refractivity (Wildman–Crippen MR) is 67.8 cm³/mol. The number of phenolic OH excluding ortho intramolecular Hbond substituents is 1. The molecule has 0 bridgehead atoms. The van der Waals surface area contributed by atoms with Gasteiger partial charge >= 0.3 is 0 Å². The maximum absolute atomic E-state index is 13.1. The molecular weight excluding hydrogens is 245 g/mol. The number of para-hydroxylation sites is 1. The van der Waals surface area contributed by atoms with E-state index in [4.69, 9.17) is 5.73 Å². The van der Waals surface area contributed by atoms with E-state index in [1.807, 2.05) is 6.92 Å². The van der Waals surface area contributed by atoms with E-state index < -0.39 is 23.7 Å². The minimum absolute atomic E-state index is 0. The third-order valence-electron chi connectivity index (χ3n) is 2.65. The van der Waals surface area contributed by atoms with Crippen LogP contribution < -0.4 is 5.73 Å². The molecule has 0 saturated heterocycles. The quantitative estimate of drug-likeness (QED) is 0.765. The molecule has 4 N–H and O–H groups in total. The van der Waals surface area contributed by atoms with E-state index in [0.29, 0.717) is 6.42 Å². The molecule has 0 unspecified atom stereocenters. The van der Waals surface area contributed by atoms with Crippen LogP contribution in [0, 0.1) is 5.82 Å². The van der Waals surface area contributed by atoms with Crippen molar-refractivity contribution < 1.29 is 14.6 Å². The van der Waals surface area contributed by atoms with Crippen molar-refractivity contribution in [3.63, 3.8) is 0 Å². The number of hydrogen-bond donors (Lipinski definition) is 3. The van der Waals surface area contributed by atoms with Crippen LogP contribution in [0.5, 0.6) is 5.75 Å². The molecule has 5 heteroatoms. The lowest BCUT2D eigenvalue weighted by molar-refractivity contribution is 0.131. The van der Waals surface area contributed by atoms with Crippen molar-refractivity contribution in [1.82, 2.24) is 0 Å². The molecule has 0 fully saturated rings. The third kappa shape index (κ3) is 4.15. The number of nitrogens with two attached hydrogens (primary N) is 1. The van der Waals surface area contributed by atoms with Gasteiger partial charge in [-0.1, -0.05) is 31.9 Å². The smallest absolute Gasteiger partial charge is 0.165 e. The molecule has 0 aromatic heterocycles. The molecule has 0 aliphatic carbocycles. The molecule has 0 aliphatic rings. The molecule has 0 radical (unpaired) electrons. The summed E-state index contributed by atoms with van der Waals surface area (Å²) in [5, 5.41) is 19.2. The molecule has 98 valence electrons. The van der Waals surface area contributed by atoms with Crippen LogP contribution in [0.15, 0.2) is 18.2 Å². The number of benzene rings is 1. The van der Waals surface area contributed by atoms with Gasteiger partial charge in [0.1, 0.15) is 0 Å². The minimum atomic E-state index is -0.757. The highest BCUT2D eigenvalue weighted by Crippen LogP contribution is 2.28. The van der Waals surface area contributed by atoms with Crippen molar-refractivity contribution in [2.75, 3.05) is 0 Å². The van der Waals surface area contributed by atoms with Crippen molar-refractivity contribution in [1.29, 1.82) is 0 Å². The number of aliphatic hydroxyl groups excluding tert-OH is 1. The van der Waals surface area contributed by atoms with Gasteiger partial charge in [-0.15, -0.1) is 12.4 Å². The molecule has 1 aromatic carbocycles. The van der Waals surface area contributed by atoms with E-state index >= 15 is 0 Å². The molecule has 0 aliphatic heterocycles. The Bertz CT molecular complexity index is 349. The lowest BCUT2D eigenvalue weighted by Gasteiger charge is -2.20. The molecule has 1 aromatic rings. The maximum Gasteiger partial charge on any atom is 0.165 e. The van der Waals surface area contributed by atoms with Gasteiger partial charge in [0.25, 0.3) is 0 Å². The first-order valence-corrected chi connectivity index (χ1v) is 5.49. The van der Waals surface area contributed by atoms with Crippen molar-refractivity contribution in [3.05, 3.63) is 29.6 Å². The second-order valence-corrected chi connectivity index (χ2v) is 3.91. The molecule has 3 nitrogen and oxygen atoms in total. The summed E-state index contributed by atoms with van der Waals surface area (Å²) in [5.41, 5.74) is 6.03. The fourth-order valence-electron chi connectivity index (χ4n) is 1.60. The predicted octanol–water partition coefficient (Wildman–Crippen LogP) is 2.50. The molecule has 0 heterocycles. The maximum atomic E-state index is 13.1. The summed E-state index contributed by atoms with van der Waals surface area (Å²) in [4.78, 5) is 0. The van der Waals surface area contributed by atoms with Gasteiger partial charge in [0, 0.05) is 5.56 Å². The molecule has 0 amide bonds. The summed E-state index contributed by atoms with van der Waals surface area (Å²) in [6, 6.07) is 3.40. The third-order valence-corrected chi connectivity index (χ3v) is 2.65. The van der Waals surface area contributed by atoms with Crippen LogP contribution in [-0.4, -0.2) is 16.3 Å². The number of aliphatic hydroxyl groups is 1. The first kappa shape index (κ1) is 16.2. The highest BCUT2D eigenvalue weighted by molar-refractivity contribution is 5.85. The van der Waals surface area contributed by atoms with Gasteiger partial charge < -0.3 is 15.9 Å². The zero-order valence-corrected chi connectivity index (χ0v) is 10.6. The Balaban J connectivity index is 0.00000256. The number of halogens is 2. The van der Waals surface area contributed by atoms with Gasteiger partial charge in [-0.05, 0) is 12.5 Å². The summed E-state index contributed by atoms with van der Waals surface area (Å²) < 4.78 is 13.1. The van der Waals surface area contributed by atoms with Crippen molar-refractivity contribution in [3.8, 4) is 5.75 Å². The lowest BCUT2D eigenvalue weighted by atomic mass is 9.97. The van der Waals surface area contributed by atoms with Gasteiger partial charge in [-0.2, -0.15) is 0 Å². The average Bonchev–Trinajstić information content (AvgIpc) is 2.28. The molecule has 1 rings (SSSR count). The van der Waals surface area contributed by atoms with E-state index in [1.54, 1.807) is 0 Å². The van der Waals surface area contributed by atoms with E-state index in [-0.39, 0.29) is 18.0 Å². The normalized spacial score (nSPS) is 13.9. The van der Waals surface area contributed by atoms with E-state index in [0.717, 1.165) is 18.9 Å². The van der Waals surface area contributed by atoms with Gasteiger partial charge in [-0.25, -0.2) is 4.39 Å². The Morgan fingerprint density at radius 1 is 1.41 bits per heavy atom. The zero-order valence-electron chi connectivity index (χ0n) is 9.77. The van der Waals surface area contributed by atoms with Crippen molar-refractivity contribution in [2.45, 2.75) is 38.3 Å². The van der Waals surface area contributed by atoms with Crippen LogP contribution in [0.3, 0.4) is 0 Å². The Kier molecular flexibility index (Phi) is 7.11. The van der Waals surface area contributed by atoms with Crippen LogP contribution in [-0.2, 0) is 0 Å². The van der Waals surface area contributed by atoms with E-state index in [9.17, 15) is 14.6 Å². The molecule has 0 saturated carbocycles. The average molecular weight is 264 g/mol. The Hall–Kier alpha value is -0.840. The van der Waals surface area contributed by atoms with Crippen LogP contribution in [0.1, 0.15) is 37.8 Å². The van der Waals surface area contributed by atoms with Crippen LogP contribution in [0.4, 0.5) is 4.39 Å². The van der Waals surface area contributed by atoms with Crippen LogP contribution in [0.2, 0.25) is 0 Å². The number of hydrogen-bond acceptors (Lipinski definition) is 3. The first-order chi connectivity index (χ1) is 7.57. The van der Waals surface area contributed by atoms with Crippen molar-refractivity contribution in [2.24, 2.45) is 5.73 Å². The monoisotopic (exact) mass is 263 g/mol. The second-order valence-electron chi connectivity index (χ2n) is 3.91. The summed E-state index contributed by atoms with van der Waals surface area (Å²) >= 11 is 0. The summed E-state index contributed by atoms with van der Waals surface area (Å²) in [5.74, 6) is -1.18. The Morgan fingerprint density at radius 2 is 2.06 bits per heavy atom. The lowest BCUT2D eigenvalue weighted by Crippen LogP contribution is -2.26. The topological polar surface area (TPSA) is 66.5 Å². The number of aromatic hydroxyl groups is 1. The first-order valence-electron chi connectivity index (χ1n) is 5.49. The summed E-state index contributed by atoms with van der Waals surface area (Å²) in [7, 11) is 0. The largest absolute Gasteiger partial charge is 0.505 e. The van der Waals surface area contributed by atoms with Gasteiger partial charge in [0.15, 0.2) is 11.6 Å². The standard InChI is InChI=1S/C12H18FNO2.ClH/c1-2-3-7-10(15)11(14)8-5-4-6-9(13)12(8)16;/h4-6,10-11,15-16H,2-3,7,14H2,1H3;1H/t10-,11+;/m1./s1. The van der Waals surface area contributed by atoms with Gasteiger partial charge in [0.2, 0.25) is 0 Å². The highest BCUT2D eigenvalue weighted by Gasteiger charge is 2.20. The number of rotatable bonds is 5. The van der Waals surface area contributed by atoms with Crippen molar-refractivity contribution >= 4 is 12.4 Å². The zero-order chi connectivity index (χ0) is 12.1. The fraction of sp³-hybridized carbons (Fsp3) is 0.500. The summed E-state index contributed by atoms with van der Waals surface area (Å²) in [6.45, 7) is 2.01. The number of unbranched alkanes of at least 4 members (excludes halogenated alkanes) is 1. The van der Waals surface area contributed by atoms with E-state index in [1.165, 1.54) is 12.1 Å². The van der Waals surface area contributed by atoms with E-state index in [2.05, 4.69) is 0 Å². The Labute approximate surface area is 107 Å². The number of phenols is 1. The Morgan fingerprint density at radius 3 is 2.65 bits per heavy atom. The molecular formula is C12H19ClFNO2. The van der Waals surface area contributed by atoms with Gasteiger partial charge in [-0.3, -0.25) is 0 Å². The molecule has 0 spiro atoms. The van der Waals surface area contributed by atoms with Crippen LogP contribution >= 0.6 is 12.4 Å². The fourth-order valence-corrected chi connectivity index (χ4v) is 1.60. The molecule has 17 heavy (non-hydrogen) atoms. The minimum Gasteiger partial charge on any atom is -0.505 e. The van der Waals surface area contributed by atoms with Crippen LogP contribution in [0.25, 0.3) is 0 Å². The highest BCUT2D eigenvalue weighted by atomic mass is 35.5. The summed E-state index contributed by atoms with van der Waals surface area (Å²) in [6.07, 6.45) is 1.60. The second kappa shape index (κ2) is 7.48. The molecule has 2 atom stereocenters.